The summed E-state index contributed by atoms with van der Waals surface area (Å²) in [6.07, 6.45) is 7.97. The molecule has 0 aromatic heterocycles. The van der Waals surface area contributed by atoms with E-state index in [0.717, 1.165) is 11.8 Å². The molecule has 3 atom stereocenters. The highest BCUT2D eigenvalue weighted by atomic mass is 127. The Kier molecular flexibility index (Phi) is 7.29. The predicted molar refractivity (Wildman–Crippen MR) is 90.3 cm³/mol. The third-order valence-electron chi connectivity index (χ3n) is 2.63. The molecule has 0 N–H and O–H groups in total. The van der Waals surface area contributed by atoms with E-state index >= 15 is 0 Å². The Labute approximate surface area is 128 Å². The van der Waals surface area contributed by atoms with Crippen molar-refractivity contribution in [1.82, 2.24) is 0 Å². The number of hydrogen-bond acceptors (Lipinski definition) is 0. The first-order chi connectivity index (χ1) is 6.58. The van der Waals surface area contributed by atoms with E-state index in [1.165, 1.54) is 44.1 Å². The molecule has 0 radical (unpaired) electrons. The molecule has 0 spiro atoms. The maximum absolute atomic E-state index is 4.18. The van der Waals surface area contributed by atoms with E-state index in [-0.39, 0.29) is 0 Å². The van der Waals surface area contributed by atoms with Gasteiger partial charge in [0.15, 0.2) is 0 Å². The Morgan fingerprint density at radius 2 is 1.50 bits per heavy atom. The van der Waals surface area contributed by atoms with Crippen LogP contribution in [0.1, 0.15) is 38.5 Å². The summed E-state index contributed by atoms with van der Waals surface area (Å²) in [5.74, 6) is 0. The Balaban J connectivity index is 2.46. The Bertz CT molecular complexity index is 191. The van der Waals surface area contributed by atoms with Crippen LogP contribution in [-0.4, -0.2) is 11.8 Å². The predicted octanol–water partition coefficient (Wildman–Crippen LogP) is 5.31. The lowest BCUT2D eigenvalue weighted by molar-refractivity contribution is 0.604. The minimum Gasteiger partial charge on any atom is -0.0998 e. The molecule has 0 aliphatic heterocycles. The summed E-state index contributed by atoms with van der Waals surface area (Å²) in [5.41, 5.74) is 1.47. The van der Waals surface area contributed by atoms with Crippen molar-refractivity contribution in [3.05, 3.63) is 12.2 Å². The summed E-state index contributed by atoms with van der Waals surface area (Å²) in [6, 6.07) is 0. The monoisotopic (exact) mass is 530 g/mol. The zero-order chi connectivity index (χ0) is 10.6. The molecule has 0 amide bonds. The zero-order valence-electron chi connectivity index (χ0n) is 8.32. The smallest absolute Gasteiger partial charge is 0.0147 e. The highest BCUT2D eigenvalue weighted by Crippen LogP contribution is 2.30. The second-order valence-corrected chi connectivity index (χ2v) is 9.38. The summed E-state index contributed by atoms with van der Waals surface area (Å²) in [5, 5.41) is 0. The van der Waals surface area contributed by atoms with Crippen LogP contribution in [0.5, 0.6) is 0 Å². The molecular formula is C11H17I3. The SMILES string of the molecule is C=C1CC[C@@H](I)CC(I)CCC(I)C1. The average molecular weight is 530 g/mol. The number of rotatable bonds is 0. The summed E-state index contributed by atoms with van der Waals surface area (Å²) in [7, 11) is 0. The number of hydrogen-bond donors (Lipinski definition) is 0. The van der Waals surface area contributed by atoms with Crippen LogP contribution < -0.4 is 0 Å². The van der Waals surface area contributed by atoms with Gasteiger partial charge >= 0.3 is 0 Å². The second-order valence-electron chi connectivity index (χ2n) is 4.10. The fourth-order valence-electron chi connectivity index (χ4n) is 1.75. The van der Waals surface area contributed by atoms with Crippen molar-refractivity contribution in [2.45, 2.75) is 50.3 Å². The molecule has 0 saturated heterocycles. The molecular weight excluding hydrogens is 513 g/mol. The minimum absolute atomic E-state index is 0.822. The van der Waals surface area contributed by atoms with Gasteiger partial charge in [0.05, 0.1) is 0 Å². The fraction of sp³-hybridized carbons (Fsp3) is 0.818. The second kappa shape index (κ2) is 7.29. The van der Waals surface area contributed by atoms with Gasteiger partial charge < -0.3 is 0 Å². The van der Waals surface area contributed by atoms with Crippen LogP contribution in [0.4, 0.5) is 0 Å². The van der Waals surface area contributed by atoms with Gasteiger partial charge in [-0.05, 0) is 38.5 Å². The van der Waals surface area contributed by atoms with Crippen molar-refractivity contribution in [2.75, 3.05) is 0 Å². The Hall–Kier alpha value is 1.93. The Morgan fingerprint density at radius 1 is 0.929 bits per heavy atom. The van der Waals surface area contributed by atoms with Crippen LogP contribution >= 0.6 is 67.8 Å². The molecule has 1 aliphatic carbocycles. The van der Waals surface area contributed by atoms with Crippen LogP contribution in [0.15, 0.2) is 12.2 Å². The molecule has 0 bridgehead atoms. The highest BCUT2D eigenvalue weighted by Gasteiger charge is 2.16. The van der Waals surface area contributed by atoms with Crippen LogP contribution in [0, 0.1) is 0 Å². The first-order valence-corrected chi connectivity index (χ1v) is 8.90. The van der Waals surface area contributed by atoms with E-state index in [9.17, 15) is 0 Å². The zero-order valence-corrected chi connectivity index (χ0v) is 14.8. The molecule has 0 nitrogen and oxygen atoms in total. The van der Waals surface area contributed by atoms with Crippen molar-refractivity contribution >= 4 is 67.8 Å². The van der Waals surface area contributed by atoms with E-state index in [1.807, 2.05) is 0 Å². The number of halogens is 3. The van der Waals surface area contributed by atoms with Gasteiger partial charge in [-0.15, -0.1) is 0 Å². The van der Waals surface area contributed by atoms with Gasteiger partial charge in [-0.2, -0.15) is 0 Å². The van der Waals surface area contributed by atoms with Gasteiger partial charge in [0.25, 0.3) is 0 Å². The van der Waals surface area contributed by atoms with Gasteiger partial charge in [0.1, 0.15) is 0 Å². The van der Waals surface area contributed by atoms with Crippen LogP contribution in [-0.2, 0) is 0 Å². The normalized spacial score (nSPS) is 36.8. The van der Waals surface area contributed by atoms with Gasteiger partial charge in [-0.25, -0.2) is 0 Å². The molecule has 14 heavy (non-hydrogen) atoms. The van der Waals surface area contributed by atoms with E-state index in [1.54, 1.807) is 0 Å². The molecule has 1 fully saturated rings. The summed E-state index contributed by atoms with van der Waals surface area (Å²) in [4.78, 5) is 0. The molecule has 1 saturated carbocycles. The van der Waals surface area contributed by atoms with Crippen LogP contribution in [0.3, 0.4) is 0 Å². The van der Waals surface area contributed by atoms with E-state index in [2.05, 4.69) is 74.4 Å². The van der Waals surface area contributed by atoms with Crippen molar-refractivity contribution in [1.29, 1.82) is 0 Å². The topological polar surface area (TPSA) is 0 Å². The average Bonchev–Trinajstić information content (AvgIpc) is 2.11. The maximum atomic E-state index is 4.18. The Morgan fingerprint density at radius 3 is 2.21 bits per heavy atom. The molecule has 0 aromatic carbocycles. The highest BCUT2D eigenvalue weighted by molar-refractivity contribution is 14.1. The van der Waals surface area contributed by atoms with Gasteiger partial charge in [0.2, 0.25) is 0 Å². The lowest BCUT2D eigenvalue weighted by atomic mass is 9.98. The minimum atomic E-state index is 0.822. The van der Waals surface area contributed by atoms with Gasteiger partial charge in [0, 0.05) is 11.8 Å². The maximum Gasteiger partial charge on any atom is 0.0147 e. The standard InChI is InChI=1S/C11H17I3/c1-8-2-3-10(13)7-11(14)5-4-9(12)6-8/h9-11H,1-7H2/t9?,10-,11?/m1/s1. The molecule has 0 aromatic rings. The van der Waals surface area contributed by atoms with Gasteiger partial charge in [-0.1, -0.05) is 79.9 Å². The van der Waals surface area contributed by atoms with Crippen LogP contribution in [0.2, 0.25) is 0 Å². The van der Waals surface area contributed by atoms with Crippen molar-refractivity contribution in [3.8, 4) is 0 Å². The van der Waals surface area contributed by atoms with Crippen molar-refractivity contribution in [2.24, 2.45) is 0 Å². The van der Waals surface area contributed by atoms with Crippen molar-refractivity contribution in [3.63, 3.8) is 0 Å². The molecule has 1 rings (SSSR count). The third-order valence-corrected chi connectivity index (χ3v) is 5.95. The van der Waals surface area contributed by atoms with E-state index in [0.29, 0.717) is 0 Å². The lowest BCUT2D eigenvalue weighted by Crippen LogP contribution is -2.13. The number of allylic oxidation sites excluding steroid dienone is 1. The fourth-order valence-corrected chi connectivity index (χ4v) is 5.61. The van der Waals surface area contributed by atoms with E-state index in [4.69, 9.17) is 0 Å². The van der Waals surface area contributed by atoms with Crippen molar-refractivity contribution < 1.29 is 0 Å². The summed E-state index contributed by atoms with van der Waals surface area (Å²) < 4.78 is 2.57. The summed E-state index contributed by atoms with van der Waals surface area (Å²) in [6.45, 7) is 4.18. The first-order valence-electron chi connectivity index (χ1n) is 5.16. The van der Waals surface area contributed by atoms with E-state index < -0.39 is 0 Å². The number of alkyl halides is 3. The quantitative estimate of drug-likeness (QED) is 0.227. The third kappa shape index (κ3) is 5.86. The summed E-state index contributed by atoms with van der Waals surface area (Å²) >= 11 is 7.83. The molecule has 1 aliphatic rings. The molecule has 2 unspecified atom stereocenters. The van der Waals surface area contributed by atoms with Gasteiger partial charge in [-0.3, -0.25) is 0 Å². The molecule has 3 heteroatoms. The lowest BCUT2D eigenvalue weighted by Gasteiger charge is -2.20. The molecule has 0 heterocycles. The molecule has 82 valence electrons. The first kappa shape index (κ1) is 14.0. The van der Waals surface area contributed by atoms with Crippen LogP contribution in [0.25, 0.3) is 0 Å². The largest absolute Gasteiger partial charge is 0.0998 e.